The van der Waals surface area contributed by atoms with Crippen LogP contribution >= 0.6 is 0 Å². The van der Waals surface area contributed by atoms with Crippen LogP contribution in [0.3, 0.4) is 0 Å². The average Bonchev–Trinajstić information content (AvgIpc) is 3.41. The fourth-order valence-corrected chi connectivity index (χ4v) is 4.49. The molecule has 0 N–H and O–H groups in total. The number of para-hydroxylation sites is 1. The van der Waals surface area contributed by atoms with Crippen LogP contribution in [0.5, 0.6) is 0 Å². The fourth-order valence-electron chi connectivity index (χ4n) is 3.82. The minimum absolute atomic E-state index is 0. The van der Waals surface area contributed by atoms with Crippen molar-refractivity contribution in [1.82, 2.24) is 15.0 Å². The summed E-state index contributed by atoms with van der Waals surface area (Å²) in [6.45, 7) is 0. The Balaban J connectivity index is 0.00000336. The third kappa shape index (κ3) is 6.83. The summed E-state index contributed by atoms with van der Waals surface area (Å²) < 4.78 is 34.4. The fraction of sp³-hybridized carbons (Fsp3) is 0. The first-order valence-electron chi connectivity index (χ1n) is 11.6. The van der Waals surface area contributed by atoms with Gasteiger partial charge >= 0.3 is 29.6 Å². The maximum absolute atomic E-state index is 11.5. The number of rotatable bonds is 7. The standard InChI is InChI=1S/C30H23N3O3S.Na/c34-37(35,36)30-9-5-4-6-27(30)20-14-23-10-16-25(17-11-23)26-18-12-24(13-19-26)15-21-28-22-31-33(32-28)29-7-2-1-3-8-29;/h1-22H,(H,34,35,36);/q;+1/p-1. The number of nitrogens with zero attached hydrogens (tertiary/aromatic N) is 3. The Morgan fingerprint density at radius 2 is 1.21 bits per heavy atom. The van der Waals surface area contributed by atoms with E-state index in [9.17, 15) is 13.0 Å². The molecule has 5 aromatic rings. The molecule has 0 aliphatic carbocycles. The smallest absolute Gasteiger partial charge is 0.744 e. The van der Waals surface area contributed by atoms with Gasteiger partial charge in [-0.2, -0.15) is 9.90 Å². The topological polar surface area (TPSA) is 87.9 Å². The van der Waals surface area contributed by atoms with Crippen LogP contribution in [0, 0.1) is 0 Å². The average molecular weight is 528 g/mol. The van der Waals surface area contributed by atoms with Gasteiger partial charge in [0.2, 0.25) is 0 Å². The third-order valence-electron chi connectivity index (χ3n) is 5.74. The van der Waals surface area contributed by atoms with Crippen molar-refractivity contribution in [3.63, 3.8) is 0 Å². The molecule has 0 aliphatic heterocycles. The van der Waals surface area contributed by atoms with Crippen LogP contribution in [0.1, 0.15) is 22.4 Å². The Kier molecular flexibility index (Phi) is 8.89. The number of aromatic nitrogens is 3. The molecule has 182 valence electrons. The van der Waals surface area contributed by atoms with E-state index in [1.54, 1.807) is 35.3 Å². The zero-order chi connectivity index (χ0) is 25.7. The second-order valence-electron chi connectivity index (χ2n) is 8.30. The van der Waals surface area contributed by atoms with Gasteiger partial charge in [0.15, 0.2) is 0 Å². The summed E-state index contributed by atoms with van der Waals surface area (Å²) in [5.74, 6) is 0. The minimum atomic E-state index is -4.53. The third-order valence-corrected chi connectivity index (χ3v) is 6.65. The van der Waals surface area contributed by atoms with Crippen molar-refractivity contribution in [1.29, 1.82) is 0 Å². The quantitative estimate of drug-likeness (QED) is 0.184. The van der Waals surface area contributed by atoms with E-state index >= 15 is 0 Å². The molecular formula is C30H22N3NaO3S. The Bertz CT molecular complexity index is 1680. The Hall–Kier alpha value is -3.59. The molecule has 1 heterocycles. The van der Waals surface area contributed by atoms with Crippen LogP contribution in [-0.2, 0) is 10.1 Å². The van der Waals surface area contributed by atoms with Gasteiger partial charge in [0.25, 0.3) is 0 Å². The van der Waals surface area contributed by atoms with E-state index in [0.29, 0.717) is 5.56 Å². The zero-order valence-corrected chi connectivity index (χ0v) is 23.5. The molecule has 0 radical (unpaired) electrons. The van der Waals surface area contributed by atoms with Crippen LogP contribution in [0.25, 0.3) is 41.1 Å². The van der Waals surface area contributed by atoms with Crippen LogP contribution in [-0.4, -0.2) is 28.0 Å². The van der Waals surface area contributed by atoms with Crippen molar-refractivity contribution in [2.75, 3.05) is 0 Å². The number of hydrogen-bond acceptors (Lipinski definition) is 5. The van der Waals surface area contributed by atoms with Crippen LogP contribution in [0.4, 0.5) is 0 Å². The van der Waals surface area contributed by atoms with Crippen molar-refractivity contribution in [2.45, 2.75) is 4.90 Å². The molecule has 4 aromatic carbocycles. The van der Waals surface area contributed by atoms with Gasteiger partial charge in [-0.05, 0) is 52.1 Å². The SMILES string of the molecule is O=S(=O)([O-])c1ccccc1C=Cc1ccc(-c2ccc(C=Cc3cnn(-c4ccccc4)n3)cc2)cc1.[Na+]. The predicted molar refractivity (Wildman–Crippen MR) is 145 cm³/mol. The molecule has 38 heavy (non-hydrogen) atoms. The first-order chi connectivity index (χ1) is 18.0. The van der Waals surface area contributed by atoms with Gasteiger partial charge in [0.05, 0.1) is 16.8 Å². The first kappa shape index (κ1) is 27.4. The van der Waals surface area contributed by atoms with Crippen LogP contribution in [0.2, 0.25) is 0 Å². The van der Waals surface area contributed by atoms with E-state index < -0.39 is 10.1 Å². The summed E-state index contributed by atoms with van der Waals surface area (Å²) in [7, 11) is -4.53. The second-order valence-corrected chi connectivity index (χ2v) is 9.65. The summed E-state index contributed by atoms with van der Waals surface area (Å²) in [4.78, 5) is 1.38. The molecular weight excluding hydrogens is 505 g/mol. The summed E-state index contributed by atoms with van der Waals surface area (Å²) in [6, 6.07) is 32.0. The molecule has 0 bridgehead atoms. The van der Waals surface area contributed by atoms with E-state index in [0.717, 1.165) is 33.6 Å². The van der Waals surface area contributed by atoms with E-state index in [1.165, 1.54) is 12.1 Å². The largest absolute Gasteiger partial charge is 1.00 e. The molecule has 0 amide bonds. The molecule has 0 unspecified atom stereocenters. The molecule has 5 rings (SSSR count). The van der Waals surface area contributed by atoms with Crippen molar-refractivity contribution in [2.24, 2.45) is 0 Å². The normalized spacial score (nSPS) is 11.6. The summed E-state index contributed by atoms with van der Waals surface area (Å²) in [6.07, 6.45) is 9.08. The van der Waals surface area contributed by atoms with Gasteiger partial charge in [-0.3, -0.25) is 0 Å². The van der Waals surface area contributed by atoms with Gasteiger partial charge in [0.1, 0.15) is 15.8 Å². The maximum atomic E-state index is 11.5. The molecule has 0 spiro atoms. The van der Waals surface area contributed by atoms with Crippen LogP contribution < -0.4 is 29.6 Å². The van der Waals surface area contributed by atoms with E-state index in [2.05, 4.69) is 22.3 Å². The van der Waals surface area contributed by atoms with Gasteiger partial charge in [-0.25, -0.2) is 8.42 Å². The molecule has 1 aromatic heterocycles. The molecule has 0 fully saturated rings. The summed E-state index contributed by atoms with van der Waals surface area (Å²) in [5.41, 5.74) is 6.12. The zero-order valence-electron chi connectivity index (χ0n) is 20.7. The van der Waals surface area contributed by atoms with Gasteiger partial charge in [0, 0.05) is 0 Å². The van der Waals surface area contributed by atoms with Gasteiger partial charge in [-0.1, -0.05) is 103 Å². The van der Waals surface area contributed by atoms with Crippen molar-refractivity contribution in [3.8, 4) is 16.8 Å². The number of hydrogen-bond donors (Lipinski definition) is 0. The molecule has 0 saturated carbocycles. The van der Waals surface area contributed by atoms with E-state index in [-0.39, 0.29) is 34.5 Å². The van der Waals surface area contributed by atoms with Crippen LogP contribution in [0.15, 0.2) is 114 Å². The Morgan fingerprint density at radius 1 is 0.658 bits per heavy atom. The van der Waals surface area contributed by atoms with Gasteiger partial charge < -0.3 is 4.55 Å². The molecule has 0 atom stereocenters. The van der Waals surface area contributed by atoms with Crippen molar-refractivity contribution < 1.29 is 42.5 Å². The predicted octanol–water partition coefficient (Wildman–Crippen LogP) is 3.18. The molecule has 8 heteroatoms. The van der Waals surface area contributed by atoms with Gasteiger partial charge in [-0.15, -0.1) is 5.10 Å². The van der Waals surface area contributed by atoms with Crippen molar-refractivity contribution >= 4 is 34.4 Å². The molecule has 0 aliphatic rings. The Labute approximate surface area is 244 Å². The first-order valence-corrected chi connectivity index (χ1v) is 13.0. The summed E-state index contributed by atoms with van der Waals surface area (Å²) >= 11 is 0. The number of benzene rings is 4. The molecule has 0 saturated heterocycles. The second kappa shape index (κ2) is 12.3. The molecule has 6 nitrogen and oxygen atoms in total. The van der Waals surface area contributed by atoms with E-state index in [4.69, 9.17) is 0 Å². The minimum Gasteiger partial charge on any atom is -0.744 e. The maximum Gasteiger partial charge on any atom is 1.00 e. The summed E-state index contributed by atoms with van der Waals surface area (Å²) in [5, 5.41) is 8.80. The van der Waals surface area contributed by atoms with Crippen molar-refractivity contribution in [3.05, 3.63) is 132 Å². The monoisotopic (exact) mass is 527 g/mol. The van der Waals surface area contributed by atoms with E-state index in [1.807, 2.05) is 78.9 Å². The Morgan fingerprint density at radius 3 is 1.82 bits per heavy atom.